The summed E-state index contributed by atoms with van der Waals surface area (Å²) in [5, 5.41) is 27.2. The number of quaternary nitrogens is 1. The number of aliphatic hydroxyl groups excluding tert-OH is 2. The highest BCUT2D eigenvalue weighted by atomic mass is 32.2. The number of sulfone groups is 1. The Balaban J connectivity index is 2.95. The number of hydrogen-bond donors (Lipinski definition) is 6. The van der Waals surface area contributed by atoms with Crippen molar-refractivity contribution < 1.29 is 38.3 Å². The third kappa shape index (κ3) is 8.93. The quantitative estimate of drug-likeness (QED) is 0.183. The van der Waals surface area contributed by atoms with Crippen molar-refractivity contribution in [3.05, 3.63) is 11.6 Å². The first-order chi connectivity index (χ1) is 14.2. The molecule has 0 bridgehead atoms. The molecule has 0 heterocycles. The van der Waals surface area contributed by atoms with E-state index >= 15 is 0 Å². The molecule has 0 aromatic heterocycles. The van der Waals surface area contributed by atoms with E-state index in [1.165, 1.54) is 6.08 Å². The van der Waals surface area contributed by atoms with E-state index in [2.05, 4.69) is 10.6 Å². The lowest BCUT2D eigenvalue weighted by Crippen LogP contribution is -2.89. The first-order valence-corrected chi connectivity index (χ1v) is 12.3. The van der Waals surface area contributed by atoms with Crippen LogP contribution in [0.4, 0.5) is 0 Å². The largest absolute Gasteiger partial charge is 0.390 e. The predicted octanol–water partition coefficient (Wildman–Crippen LogP) is -3.46. The van der Waals surface area contributed by atoms with Gasteiger partial charge in [-0.15, -0.1) is 0 Å². The predicted molar refractivity (Wildman–Crippen MR) is 113 cm³/mol. The summed E-state index contributed by atoms with van der Waals surface area (Å²) < 4.78 is 22.7. The number of carbonyl (C=O) groups excluding carboxylic acids is 3. The van der Waals surface area contributed by atoms with Gasteiger partial charge in [0.2, 0.25) is 11.8 Å². The molecule has 0 saturated heterocycles. The molecule has 0 radical (unpaired) electrons. The van der Waals surface area contributed by atoms with Crippen molar-refractivity contribution in [3.63, 3.8) is 0 Å². The Bertz CT molecular complexity index is 797. The van der Waals surface area contributed by atoms with E-state index in [0.29, 0.717) is 6.42 Å². The Hall–Kier alpha value is -2.02. The molecular weight excluding hydrogens is 428 g/mol. The van der Waals surface area contributed by atoms with Crippen LogP contribution in [0.15, 0.2) is 11.6 Å². The number of nitrogens with one attached hydrogen (secondary N) is 2. The molecule has 0 aromatic rings. The second kappa shape index (κ2) is 11.6. The molecule has 178 valence electrons. The molecular formula is C19H35N4O7S+. The lowest BCUT2D eigenvalue weighted by molar-refractivity contribution is -0.651. The summed E-state index contributed by atoms with van der Waals surface area (Å²) in [6.07, 6.45) is -0.0785. The van der Waals surface area contributed by atoms with E-state index in [1.54, 1.807) is 12.4 Å². The maximum absolute atomic E-state index is 12.6. The number of rotatable bonds is 11. The van der Waals surface area contributed by atoms with Gasteiger partial charge in [-0.3, -0.25) is 14.4 Å². The summed E-state index contributed by atoms with van der Waals surface area (Å²) in [6.45, 7) is 3.95. The maximum Gasteiger partial charge on any atom is 0.278 e. The number of likely N-dealkylation sites (N-methyl/N-ethyl adjacent to an activating group) is 1. The number of amides is 3. The molecule has 0 unspecified atom stereocenters. The van der Waals surface area contributed by atoms with Gasteiger partial charge in [0.1, 0.15) is 22.0 Å². The Morgan fingerprint density at radius 1 is 1.29 bits per heavy atom. The first-order valence-electron chi connectivity index (χ1n) is 10.2. The van der Waals surface area contributed by atoms with E-state index in [1.807, 2.05) is 13.8 Å². The second-order valence-corrected chi connectivity index (χ2v) is 10.7. The highest BCUT2D eigenvalue weighted by Gasteiger charge is 2.36. The van der Waals surface area contributed by atoms with Crippen LogP contribution in [-0.2, 0) is 24.2 Å². The molecule has 31 heavy (non-hydrogen) atoms. The molecule has 12 heteroatoms. The lowest BCUT2D eigenvalue weighted by atomic mass is 9.89. The van der Waals surface area contributed by atoms with E-state index in [0.717, 1.165) is 6.26 Å². The van der Waals surface area contributed by atoms with Gasteiger partial charge in [-0.05, 0) is 12.3 Å². The van der Waals surface area contributed by atoms with Gasteiger partial charge in [0.25, 0.3) is 5.91 Å². The minimum atomic E-state index is -3.37. The highest BCUT2D eigenvalue weighted by Crippen LogP contribution is 2.20. The van der Waals surface area contributed by atoms with E-state index in [4.69, 9.17) is 5.73 Å². The van der Waals surface area contributed by atoms with Crippen LogP contribution in [0.5, 0.6) is 0 Å². The van der Waals surface area contributed by atoms with Crippen LogP contribution in [0.3, 0.4) is 0 Å². The normalized spacial score (nSPS) is 23.6. The van der Waals surface area contributed by atoms with Crippen LogP contribution in [0.1, 0.15) is 33.1 Å². The Morgan fingerprint density at radius 3 is 2.39 bits per heavy atom. The van der Waals surface area contributed by atoms with Crippen molar-refractivity contribution >= 4 is 27.6 Å². The summed E-state index contributed by atoms with van der Waals surface area (Å²) in [6, 6.07) is -2.62. The Labute approximate surface area is 182 Å². The zero-order valence-electron chi connectivity index (χ0n) is 18.4. The second-order valence-electron chi connectivity index (χ2n) is 8.40. The fourth-order valence-corrected chi connectivity index (χ4v) is 3.97. The SMILES string of the molecule is C[NH2+][C@@H](CC(C)C)C(=O)N[C@@H]1C=C(C(=O)N[C@@H](CCS(C)(=O)=O)C(N)=O)C[C@@H](O)[C@@H]1O. The number of aliphatic hydroxyl groups is 2. The highest BCUT2D eigenvalue weighted by molar-refractivity contribution is 7.90. The lowest BCUT2D eigenvalue weighted by Gasteiger charge is -2.32. The van der Waals surface area contributed by atoms with Crippen LogP contribution in [0.25, 0.3) is 0 Å². The number of hydrogen-bond acceptors (Lipinski definition) is 7. The molecule has 1 aliphatic rings. The Kier molecular flexibility index (Phi) is 10.1. The summed E-state index contributed by atoms with van der Waals surface area (Å²) in [4.78, 5) is 36.8. The monoisotopic (exact) mass is 463 g/mol. The molecule has 8 N–H and O–H groups in total. The van der Waals surface area contributed by atoms with Gasteiger partial charge in [-0.2, -0.15) is 0 Å². The van der Waals surface area contributed by atoms with E-state index in [-0.39, 0.29) is 36.0 Å². The topological polar surface area (TPSA) is 192 Å². The molecule has 0 aliphatic heterocycles. The van der Waals surface area contributed by atoms with Crippen molar-refractivity contribution in [2.45, 2.75) is 63.4 Å². The van der Waals surface area contributed by atoms with Crippen LogP contribution in [-0.4, -0.2) is 85.7 Å². The van der Waals surface area contributed by atoms with Gasteiger partial charge in [0.05, 0.1) is 24.9 Å². The molecule has 0 aromatic carbocycles. The minimum absolute atomic E-state index is 0.0505. The van der Waals surface area contributed by atoms with Crippen LogP contribution in [0, 0.1) is 5.92 Å². The molecule has 3 amide bonds. The molecule has 0 saturated carbocycles. The fourth-order valence-electron chi connectivity index (χ4n) is 3.31. The molecule has 11 nitrogen and oxygen atoms in total. The van der Waals surface area contributed by atoms with Crippen molar-refractivity contribution in [1.82, 2.24) is 10.6 Å². The maximum atomic E-state index is 12.6. The van der Waals surface area contributed by atoms with Crippen LogP contribution in [0.2, 0.25) is 0 Å². The number of carbonyl (C=O) groups is 3. The van der Waals surface area contributed by atoms with Crippen LogP contribution < -0.4 is 21.7 Å². The number of nitrogens with two attached hydrogens (primary N) is 2. The van der Waals surface area contributed by atoms with Crippen molar-refractivity contribution in [2.24, 2.45) is 11.7 Å². The fraction of sp³-hybridized carbons (Fsp3) is 0.737. The van der Waals surface area contributed by atoms with Gasteiger partial charge < -0.3 is 31.9 Å². The molecule has 0 spiro atoms. The van der Waals surface area contributed by atoms with Gasteiger partial charge >= 0.3 is 0 Å². The molecule has 1 rings (SSSR count). The van der Waals surface area contributed by atoms with Crippen molar-refractivity contribution in [3.8, 4) is 0 Å². The summed E-state index contributed by atoms with van der Waals surface area (Å²) in [5.74, 6) is -2.04. The Morgan fingerprint density at radius 2 is 1.90 bits per heavy atom. The van der Waals surface area contributed by atoms with E-state index < -0.39 is 52.0 Å². The first kappa shape index (κ1) is 27.0. The average molecular weight is 464 g/mol. The minimum Gasteiger partial charge on any atom is -0.390 e. The zero-order chi connectivity index (χ0) is 23.9. The third-order valence-corrected chi connectivity index (χ3v) is 6.04. The number of primary amides is 1. The van der Waals surface area contributed by atoms with Gasteiger partial charge in [-0.25, -0.2) is 8.42 Å². The van der Waals surface area contributed by atoms with Crippen LogP contribution >= 0.6 is 0 Å². The van der Waals surface area contributed by atoms with Crippen molar-refractivity contribution in [1.29, 1.82) is 0 Å². The standard InChI is InChI=1S/C19H34N4O7S/c1-10(2)7-14(21-3)19(28)23-13-8-11(9-15(24)16(13)25)18(27)22-12(17(20)26)5-6-31(4,29)30/h8,10,12-16,21,24-25H,5-7,9H2,1-4H3,(H2,20,26)(H,22,27)(H,23,28)/p+1/t12-,13+,14-,15+,16+/m0/s1. The van der Waals surface area contributed by atoms with Crippen molar-refractivity contribution in [2.75, 3.05) is 19.1 Å². The van der Waals surface area contributed by atoms with Gasteiger partial charge in [0.15, 0.2) is 6.04 Å². The van der Waals surface area contributed by atoms with E-state index in [9.17, 15) is 33.0 Å². The average Bonchev–Trinajstić information content (AvgIpc) is 2.64. The van der Waals surface area contributed by atoms with Gasteiger partial charge in [0, 0.05) is 24.7 Å². The van der Waals surface area contributed by atoms with Gasteiger partial charge in [-0.1, -0.05) is 19.9 Å². The molecule has 5 atom stereocenters. The summed E-state index contributed by atoms with van der Waals surface area (Å²) in [5.41, 5.74) is 5.31. The summed E-state index contributed by atoms with van der Waals surface area (Å²) in [7, 11) is -1.61. The molecule has 0 fully saturated rings. The molecule has 1 aliphatic carbocycles. The smallest absolute Gasteiger partial charge is 0.278 e. The third-order valence-electron chi connectivity index (χ3n) is 5.06. The zero-order valence-corrected chi connectivity index (χ0v) is 19.2. The summed E-state index contributed by atoms with van der Waals surface area (Å²) >= 11 is 0.